The minimum Gasteiger partial charge on any atom is -0.247 e. The summed E-state index contributed by atoms with van der Waals surface area (Å²) in [6.45, 7) is 0. The Morgan fingerprint density at radius 3 is 0.779 bits per heavy atom. The van der Waals surface area contributed by atoms with Gasteiger partial charge in [0.05, 0.1) is 101 Å². The number of pyridine rings is 9. The summed E-state index contributed by atoms with van der Waals surface area (Å²) in [6.07, 6.45) is 0. The van der Waals surface area contributed by atoms with Crippen molar-refractivity contribution in [3.05, 3.63) is 467 Å². The topological polar surface area (TPSA) is 116 Å². The molecule has 0 radical (unpaired) electrons. The van der Waals surface area contributed by atoms with Gasteiger partial charge in [0, 0.05) is 191 Å². The van der Waals surface area contributed by atoms with E-state index >= 15 is 0 Å². The second-order valence-corrected chi connectivity index (χ2v) is 40.2. The molecule has 9 nitrogen and oxygen atoms in total. The average Bonchev–Trinajstić information content (AvgIpc) is 1.62. The first-order chi connectivity index (χ1) is 71.8. The normalized spacial score (nSPS) is 11.9. The number of aromatic nitrogens is 9. The Hall–Kier alpha value is -18.4. The van der Waals surface area contributed by atoms with Crippen molar-refractivity contribution in [3.63, 3.8) is 0 Å². The molecule has 0 aliphatic heterocycles. The van der Waals surface area contributed by atoms with Gasteiger partial charge in [-0.25, -0.2) is 44.9 Å². The lowest BCUT2D eigenvalue weighted by atomic mass is 9.92. The van der Waals surface area contributed by atoms with Crippen LogP contribution in [-0.2, 0) is 0 Å². The highest BCUT2D eigenvalue weighted by atomic mass is 32.1. The molecule has 145 heavy (non-hydrogen) atoms. The fraction of sp³-hybridized carbons (Fsp3) is 0. The molecule has 31 aromatic rings. The molecular weight excluding hydrogens is 1820 g/mol. The first-order valence-corrected chi connectivity index (χ1v) is 51.2. The van der Waals surface area contributed by atoms with Crippen LogP contribution in [0, 0.1) is 0 Å². The molecule has 31 rings (SSSR count). The van der Waals surface area contributed by atoms with E-state index in [1.165, 1.54) is 104 Å². The maximum atomic E-state index is 5.38. The first-order valence-electron chi connectivity index (χ1n) is 48.8. The summed E-state index contributed by atoms with van der Waals surface area (Å²) in [7, 11) is 0. The fourth-order valence-corrected chi connectivity index (χ4v) is 25.5. The van der Waals surface area contributed by atoms with E-state index in [4.69, 9.17) is 44.9 Å². The molecule has 19 aromatic carbocycles. The summed E-state index contributed by atoms with van der Waals surface area (Å²) in [5.41, 5.74) is 26.8. The number of fused-ring (bicyclic) bond motifs is 31. The van der Waals surface area contributed by atoms with Crippen molar-refractivity contribution in [3.8, 4) is 101 Å². The van der Waals surface area contributed by atoms with Gasteiger partial charge in [0.2, 0.25) is 0 Å². The summed E-state index contributed by atoms with van der Waals surface area (Å²) in [4.78, 5) is 47.0. The van der Waals surface area contributed by atoms with Crippen LogP contribution >= 0.6 is 34.0 Å². The third-order valence-corrected chi connectivity index (χ3v) is 32.3. The Balaban J connectivity index is 0.000000103. The van der Waals surface area contributed by atoms with Gasteiger partial charge in [-0.15, -0.1) is 34.0 Å². The van der Waals surface area contributed by atoms with Gasteiger partial charge < -0.3 is 0 Å². The van der Waals surface area contributed by atoms with Crippen LogP contribution in [0.2, 0.25) is 0 Å². The van der Waals surface area contributed by atoms with Crippen LogP contribution in [0.15, 0.2) is 467 Å². The van der Waals surface area contributed by atoms with Gasteiger partial charge in [0.15, 0.2) is 0 Å². The molecule has 0 saturated carbocycles. The molecule has 672 valence electrons. The zero-order valence-corrected chi connectivity index (χ0v) is 80.2. The van der Waals surface area contributed by atoms with E-state index in [1.807, 2.05) is 76.5 Å². The summed E-state index contributed by atoms with van der Waals surface area (Å²) in [5.74, 6) is 0. The largest absolute Gasteiger partial charge is 0.247 e. The Bertz CT molecular complexity index is 10800. The molecule has 0 amide bonds. The van der Waals surface area contributed by atoms with Crippen molar-refractivity contribution in [1.29, 1.82) is 0 Å². The maximum Gasteiger partial charge on any atom is 0.0972 e. The molecule has 12 aromatic heterocycles. The summed E-state index contributed by atoms with van der Waals surface area (Å²) >= 11 is 5.61. The number of hydrogen-bond donors (Lipinski definition) is 0. The van der Waals surface area contributed by atoms with Crippen molar-refractivity contribution < 1.29 is 0 Å². The van der Waals surface area contributed by atoms with Crippen molar-refractivity contribution in [2.75, 3.05) is 0 Å². The molecule has 0 aliphatic carbocycles. The third-order valence-electron chi connectivity index (χ3n) is 28.7. The van der Waals surface area contributed by atoms with Crippen LogP contribution in [0.1, 0.15) is 0 Å². The number of para-hydroxylation sites is 3. The molecule has 12 heteroatoms. The van der Waals surface area contributed by atoms with Gasteiger partial charge in [0.25, 0.3) is 0 Å². The van der Waals surface area contributed by atoms with E-state index in [0.717, 1.165) is 199 Å². The second kappa shape index (κ2) is 34.2. The minimum absolute atomic E-state index is 0.907. The summed E-state index contributed by atoms with van der Waals surface area (Å²) in [6, 6.07) is 165. The lowest BCUT2D eigenvalue weighted by Crippen LogP contribution is -1.94. The van der Waals surface area contributed by atoms with E-state index in [0.29, 0.717) is 0 Å². The van der Waals surface area contributed by atoms with E-state index in [-0.39, 0.29) is 0 Å². The molecule has 0 saturated heterocycles. The monoisotopic (exact) mass is 1900 g/mol. The standard InChI is InChI=1S/C47H27N3S.2C43H25N3S/c1-2-10-28(11-3-1)39-26-20-29-18-19-30-21-27-41(49-45(30)44(29)48-39)33-22-23-35(32-13-5-4-12-31(32)33)46-38-25-24-36-34-14-7-9-17-42(34)51-47(36)43(38)37-15-6-8-16-40(37)50-46;1-2-9-26(10-3-1)35-23-19-27-17-18-28-20-24-36(45-42(28)41(27)44-35)29-11-8-12-30(25-29)40-34-22-21-32-31-13-5-7-16-38(31)47-43(32)39(34)33-14-4-6-15-37(33)46-40;1-2-8-26(9-3-1)35-24-20-29-18-19-30-21-25-36(45-42(30)41(29)44-35)27-14-16-28(17-15-27)40-34-23-22-32-31-10-5-7-13-38(31)47-43(32)39(34)33-11-4-6-12-37(33)46-40/h1-27H;2*1-25H. The predicted octanol–water partition coefficient (Wildman–Crippen LogP) is 36.7. The predicted molar refractivity (Wildman–Crippen MR) is 615 cm³/mol. The maximum absolute atomic E-state index is 5.38. The van der Waals surface area contributed by atoms with Gasteiger partial charge >= 0.3 is 0 Å². The van der Waals surface area contributed by atoms with Gasteiger partial charge in [-0.05, 0) is 89.6 Å². The van der Waals surface area contributed by atoms with E-state index in [2.05, 4.69) is 425 Å². The van der Waals surface area contributed by atoms with Gasteiger partial charge in [-0.1, -0.05) is 388 Å². The molecule has 0 aliphatic rings. The van der Waals surface area contributed by atoms with Gasteiger partial charge in [0.1, 0.15) is 0 Å². The number of hydrogen-bond acceptors (Lipinski definition) is 12. The summed E-state index contributed by atoms with van der Waals surface area (Å²) < 4.78 is 7.86. The molecule has 0 N–H and O–H groups in total. The number of thiophene rings is 3. The quantitative estimate of drug-likeness (QED) is 0.130. The van der Waals surface area contributed by atoms with Gasteiger partial charge in [-0.3, -0.25) is 0 Å². The lowest BCUT2D eigenvalue weighted by molar-refractivity contribution is 1.36. The van der Waals surface area contributed by atoms with Gasteiger partial charge in [-0.2, -0.15) is 0 Å². The Kier molecular flexibility index (Phi) is 19.7. The Morgan fingerprint density at radius 2 is 0.393 bits per heavy atom. The SMILES string of the molecule is c1ccc(-c2ccc3ccc4ccc(-c5ccc(-c6nc7ccccc7c7c6ccc6c8ccccc8sc67)c6ccccc56)nc4c3n2)cc1.c1ccc(-c2ccc3ccc4ccc(-c5ccc(-c6nc7ccccc7c7c6ccc6c8ccccc8sc67)cc5)nc4c3n2)cc1.c1ccc(-c2ccc3ccc4ccc(-c5cccc(-c6nc7ccccc7c7c6ccc6c8ccccc8sc67)c5)nc4c3n2)cc1. The number of benzene rings is 19. The Labute approximate surface area is 842 Å². The van der Waals surface area contributed by atoms with Crippen LogP contribution in [0.25, 0.3) is 303 Å². The van der Waals surface area contributed by atoms with Crippen molar-refractivity contribution >= 4 is 236 Å². The Morgan fingerprint density at radius 1 is 0.138 bits per heavy atom. The zero-order valence-electron chi connectivity index (χ0n) is 77.7. The highest BCUT2D eigenvalue weighted by molar-refractivity contribution is 7.27. The van der Waals surface area contributed by atoms with E-state index in [9.17, 15) is 0 Å². The van der Waals surface area contributed by atoms with Crippen molar-refractivity contribution in [1.82, 2.24) is 44.9 Å². The molecule has 0 spiro atoms. The average molecular weight is 1900 g/mol. The van der Waals surface area contributed by atoms with Crippen LogP contribution in [-0.4, -0.2) is 44.9 Å². The smallest absolute Gasteiger partial charge is 0.0972 e. The number of nitrogens with zero attached hydrogens (tertiary/aromatic N) is 9. The molecule has 0 unspecified atom stereocenters. The van der Waals surface area contributed by atoms with Crippen molar-refractivity contribution in [2.24, 2.45) is 0 Å². The van der Waals surface area contributed by atoms with Crippen LogP contribution in [0.4, 0.5) is 0 Å². The van der Waals surface area contributed by atoms with E-state index in [1.54, 1.807) is 0 Å². The third kappa shape index (κ3) is 14.2. The van der Waals surface area contributed by atoms with Crippen LogP contribution in [0.5, 0.6) is 0 Å². The first kappa shape index (κ1) is 83.5. The van der Waals surface area contributed by atoms with Crippen molar-refractivity contribution in [2.45, 2.75) is 0 Å². The van der Waals surface area contributed by atoms with Crippen LogP contribution in [0.3, 0.4) is 0 Å². The van der Waals surface area contributed by atoms with Crippen LogP contribution < -0.4 is 0 Å². The molecular formula is C133H77N9S3. The fourth-order valence-electron chi connectivity index (χ4n) is 21.7. The highest BCUT2D eigenvalue weighted by Gasteiger charge is 2.25. The second-order valence-electron chi connectivity index (χ2n) is 37.1. The molecule has 0 bridgehead atoms. The summed E-state index contributed by atoms with van der Waals surface area (Å²) in [5, 5.41) is 27.5. The molecule has 0 atom stereocenters. The molecule has 12 heterocycles. The minimum atomic E-state index is 0.907. The lowest BCUT2D eigenvalue weighted by Gasteiger charge is -2.15. The van der Waals surface area contributed by atoms with E-state index < -0.39 is 0 Å². The molecule has 0 fully saturated rings. The number of rotatable bonds is 9. The highest BCUT2D eigenvalue weighted by Crippen LogP contribution is 2.50. The zero-order chi connectivity index (χ0) is 95.3.